The summed E-state index contributed by atoms with van der Waals surface area (Å²) in [5.74, 6) is 4.51. The normalized spacial score (nSPS) is 61.5. The molecular formula is C12H20. The number of hydrogen-bond acceptors (Lipinski definition) is 0. The molecule has 0 radical (unpaired) electrons. The third-order valence-electron chi connectivity index (χ3n) is 5.27. The lowest BCUT2D eigenvalue weighted by atomic mass is 9.78. The summed E-state index contributed by atoms with van der Waals surface area (Å²) < 4.78 is 0. The Morgan fingerprint density at radius 3 is 2.67 bits per heavy atom. The second kappa shape index (κ2) is 2.08. The van der Waals surface area contributed by atoms with Gasteiger partial charge in [0.05, 0.1) is 0 Å². The Bertz CT molecular complexity index is 204. The maximum absolute atomic E-state index is 2.51. The van der Waals surface area contributed by atoms with Crippen LogP contribution in [0.4, 0.5) is 0 Å². The molecule has 0 aliphatic heterocycles. The Morgan fingerprint density at radius 1 is 1.25 bits per heavy atom. The molecule has 3 fully saturated rings. The summed E-state index contributed by atoms with van der Waals surface area (Å²) in [5, 5.41) is 0. The molecular weight excluding hydrogens is 144 g/mol. The highest BCUT2D eigenvalue weighted by Gasteiger charge is 2.67. The molecule has 12 heavy (non-hydrogen) atoms. The van der Waals surface area contributed by atoms with Gasteiger partial charge in [-0.3, -0.25) is 0 Å². The van der Waals surface area contributed by atoms with Crippen LogP contribution in [0.3, 0.4) is 0 Å². The fourth-order valence-corrected chi connectivity index (χ4v) is 4.46. The molecule has 0 N–H and O–H groups in total. The molecule has 5 atom stereocenters. The van der Waals surface area contributed by atoms with Crippen LogP contribution in [-0.2, 0) is 0 Å². The summed E-state index contributed by atoms with van der Waals surface area (Å²) in [6, 6.07) is 0. The predicted octanol–water partition coefficient (Wildman–Crippen LogP) is 3.47. The van der Waals surface area contributed by atoms with Crippen LogP contribution < -0.4 is 0 Å². The van der Waals surface area contributed by atoms with E-state index in [1.54, 1.807) is 25.7 Å². The van der Waals surface area contributed by atoms with Gasteiger partial charge in [-0.15, -0.1) is 0 Å². The molecule has 3 saturated carbocycles. The van der Waals surface area contributed by atoms with E-state index in [9.17, 15) is 0 Å². The van der Waals surface area contributed by atoms with Crippen LogP contribution in [0, 0.1) is 29.1 Å². The highest BCUT2D eigenvalue weighted by atomic mass is 14.7. The van der Waals surface area contributed by atoms with Gasteiger partial charge in [0.25, 0.3) is 0 Å². The first-order valence-electron chi connectivity index (χ1n) is 5.76. The Labute approximate surface area is 75.7 Å². The Hall–Kier alpha value is 0. The van der Waals surface area contributed by atoms with E-state index in [0.29, 0.717) is 0 Å². The molecule has 3 rings (SSSR count). The lowest BCUT2D eigenvalue weighted by Gasteiger charge is -2.27. The van der Waals surface area contributed by atoms with E-state index in [0.717, 1.165) is 23.2 Å². The second-order valence-corrected chi connectivity index (χ2v) is 5.65. The van der Waals surface area contributed by atoms with Crippen molar-refractivity contribution >= 4 is 0 Å². The quantitative estimate of drug-likeness (QED) is 0.556. The Balaban J connectivity index is 1.87. The fourth-order valence-electron chi connectivity index (χ4n) is 4.46. The molecule has 0 saturated heterocycles. The minimum absolute atomic E-state index is 0.892. The highest BCUT2D eigenvalue weighted by Crippen LogP contribution is 2.75. The molecule has 0 aromatic carbocycles. The standard InChI is InChI=1S/C12H20/c1-3-9-5-10-4-8(2)12(6-9)7-11(10)12/h8-11H,3-7H2,1-2H3/t8-,9-,10-,11?,12?/m0/s1. The van der Waals surface area contributed by atoms with Crippen LogP contribution in [0.2, 0.25) is 0 Å². The highest BCUT2D eigenvalue weighted by molar-refractivity contribution is 5.16. The lowest BCUT2D eigenvalue weighted by molar-refractivity contribution is 0.229. The first kappa shape index (κ1) is 7.41. The zero-order valence-corrected chi connectivity index (χ0v) is 8.34. The van der Waals surface area contributed by atoms with Crippen molar-refractivity contribution in [3.8, 4) is 0 Å². The molecule has 3 aliphatic carbocycles. The molecule has 2 unspecified atom stereocenters. The zero-order chi connectivity index (χ0) is 8.34. The molecule has 0 amide bonds. The molecule has 0 spiro atoms. The van der Waals surface area contributed by atoms with Crippen molar-refractivity contribution in [2.75, 3.05) is 0 Å². The van der Waals surface area contributed by atoms with Gasteiger partial charge >= 0.3 is 0 Å². The van der Waals surface area contributed by atoms with Crippen molar-refractivity contribution in [3.05, 3.63) is 0 Å². The van der Waals surface area contributed by atoms with Crippen molar-refractivity contribution in [1.29, 1.82) is 0 Å². The van der Waals surface area contributed by atoms with Gasteiger partial charge in [-0.1, -0.05) is 20.3 Å². The first-order chi connectivity index (χ1) is 5.76. The average Bonchev–Trinajstić information content (AvgIpc) is 2.76. The summed E-state index contributed by atoms with van der Waals surface area (Å²) >= 11 is 0. The summed E-state index contributed by atoms with van der Waals surface area (Å²) in [4.78, 5) is 0. The van der Waals surface area contributed by atoms with E-state index in [4.69, 9.17) is 0 Å². The van der Waals surface area contributed by atoms with Crippen molar-refractivity contribution in [1.82, 2.24) is 0 Å². The van der Waals surface area contributed by atoms with Gasteiger partial charge in [-0.25, -0.2) is 0 Å². The molecule has 0 aromatic heterocycles. The fraction of sp³-hybridized carbons (Fsp3) is 1.00. The van der Waals surface area contributed by atoms with E-state index in [1.165, 1.54) is 12.3 Å². The lowest BCUT2D eigenvalue weighted by Crippen LogP contribution is -2.18. The minimum Gasteiger partial charge on any atom is -0.0651 e. The third kappa shape index (κ3) is 0.701. The van der Waals surface area contributed by atoms with Gasteiger partial charge in [0.1, 0.15) is 0 Å². The first-order valence-corrected chi connectivity index (χ1v) is 5.76. The maximum Gasteiger partial charge on any atom is -0.0235 e. The smallest absolute Gasteiger partial charge is 0.0235 e. The van der Waals surface area contributed by atoms with Gasteiger partial charge in [0.2, 0.25) is 0 Å². The molecule has 0 aromatic rings. The van der Waals surface area contributed by atoms with Gasteiger partial charge < -0.3 is 0 Å². The van der Waals surface area contributed by atoms with Gasteiger partial charge in [-0.05, 0) is 54.8 Å². The van der Waals surface area contributed by atoms with E-state index in [-0.39, 0.29) is 0 Å². The summed E-state index contributed by atoms with van der Waals surface area (Å²) in [5.41, 5.74) is 0.892. The molecule has 0 nitrogen and oxygen atoms in total. The van der Waals surface area contributed by atoms with Gasteiger partial charge in [-0.2, -0.15) is 0 Å². The minimum atomic E-state index is 0.892. The SMILES string of the molecule is CC[C@H]1C[C@@H]2C[C@H](C)C3(CC23)C1. The van der Waals surface area contributed by atoms with Crippen LogP contribution in [-0.4, -0.2) is 0 Å². The molecule has 0 heterocycles. The summed E-state index contributed by atoms with van der Waals surface area (Å²) in [6.45, 7) is 4.89. The van der Waals surface area contributed by atoms with E-state index in [2.05, 4.69) is 13.8 Å². The monoisotopic (exact) mass is 164 g/mol. The van der Waals surface area contributed by atoms with E-state index < -0.39 is 0 Å². The number of hydrogen-bond donors (Lipinski definition) is 0. The predicted molar refractivity (Wildman–Crippen MR) is 50.8 cm³/mol. The van der Waals surface area contributed by atoms with Crippen molar-refractivity contribution in [3.63, 3.8) is 0 Å². The molecule has 3 aliphatic rings. The van der Waals surface area contributed by atoms with Gasteiger partial charge in [0.15, 0.2) is 0 Å². The molecule has 0 heteroatoms. The van der Waals surface area contributed by atoms with Crippen LogP contribution in [0.1, 0.15) is 46.0 Å². The van der Waals surface area contributed by atoms with E-state index >= 15 is 0 Å². The largest absolute Gasteiger partial charge is 0.0651 e. The second-order valence-electron chi connectivity index (χ2n) is 5.65. The average molecular weight is 164 g/mol. The van der Waals surface area contributed by atoms with Crippen LogP contribution >= 0.6 is 0 Å². The topological polar surface area (TPSA) is 0 Å². The number of rotatable bonds is 1. The third-order valence-corrected chi connectivity index (χ3v) is 5.27. The van der Waals surface area contributed by atoms with Crippen LogP contribution in [0.5, 0.6) is 0 Å². The molecule has 68 valence electrons. The van der Waals surface area contributed by atoms with Crippen molar-refractivity contribution in [2.24, 2.45) is 29.1 Å². The summed E-state index contributed by atoms with van der Waals surface area (Å²) in [6.07, 6.45) is 7.78. The summed E-state index contributed by atoms with van der Waals surface area (Å²) in [7, 11) is 0. The van der Waals surface area contributed by atoms with Crippen molar-refractivity contribution < 1.29 is 0 Å². The maximum atomic E-state index is 2.51. The zero-order valence-electron chi connectivity index (χ0n) is 8.34. The van der Waals surface area contributed by atoms with E-state index in [1.807, 2.05) is 0 Å². The Morgan fingerprint density at radius 2 is 2.08 bits per heavy atom. The van der Waals surface area contributed by atoms with Gasteiger partial charge in [0, 0.05) is 0 Å². The van der Waals surface area contributed by atoms with Crippen LogP contribution in [0.15, 0.2) is 0 Å². The van der Waals surface area contributed by atoms with Crippen LogP contribution in [0.25, 0.3) is 0 Å². The van der Waals surface area contributed by atoms with Crippen molar-refractivity contribution in [2.45, 2.75) is 46.0 Å². The Kier molecular flexibility index (Phi) is 1.28. The molecule has 2 bridgehead atoms.